The lowest BCUT2D eigenvalue weighted by Crippen LogP contribution is -2.24. The van der Waals surface area contributed by atoms with E-state index in [-0.39, 0.29) is 17.9 Å². The lowest BCUT2D eigenvalue weighted by molar-refractivity contribution is -0.128. The van der Waals surface area contributed by atoms with Crippen LogP contribution in [0.5, 0.6) is 0 Å². The maximum absolute atomic E-state index is 13.1. The second-order valence-corrected chi connectivity index (χ2v) is 8.43. The van der Waals surface area contributed by atoms with Crippen LogP contribution in [0.4, 0.5) is 11.4 Å². The second-order valence-electron chi connectivity index (χ2n) is 8.43. The van der Waals surface area contributed by atoms with Crippen LogP contribution in [0.2, 0.25) is 0 Å². The number of anilines is 2. The molecule has 33 heavy (non-hydrogen) atoms. The lowest BCUT2D eigenvalue weighted by atomic mass is 10.0. The number of nitrogens with zero attached hydrogens (tertiary/aromatic N) is 3. The van der Waals surface area contributed by atoms with Crippen LogP contribution in [0.25, 0.3) is 0 Å². The van der Waals surface area contributed by atoms with Gasteiger partial charge in [0.15, 0.2) is 0 Å². The van der Waals surface area contributed by atoms with Crippen LogP contribution in [0.1, 0.15) is 36.4 Å². The summed E-state index contributed by atoms with van der Waals surface area (Å²) in [6.45, 7) is 1.36. The third-order valence-corrected chi connectivity index (χ3v) is 6.11. The van der Waals surface area contributed by atoms with Crippen molar-refractivity contribution < 1.29 is 9.59 Å². The fourth-order valence-electron chi connectivity index (χ4n) is 4.44. The van der Waals surface area contributed by atoms with Crippen LogP contribution in [-0.4, -0.2) is 29.0 Å². The standard InChI is InChI=1S/C27H26N4O2/c32-26-15-8-16-30(26)19-20-9-7-12-22(17-20)28-27(33)24-18-25(21-10-3-1-4-11-21)31(29-24)23-13-5-2-6-14-23/h1-7,9-14,17,25H,8,15-16,18-19H2,(H,28,33). The molecule has 6 heteroatoms. The molecule has 3 aromatic rings. The maximum Gasteiger partial charge on any atom is 0.271 e. The van der Waals surface area contributed by atoms with Crippen LogP contribution in [0.3, 0.4) is 0 Å². The van der Waals surface area contributed by atoms with Crippen molar-refractivity contribution >= 4 is 28.9 Å². The minimum atomic E-state index is -0.205. The van der Waals surface area contributed by atoms with Gasteiger partial charge in [-0.1, -0.05) is 60.7 Å². The van der Waals surface area contributed by atoms with Crippen LogP contribution < -0.4 is 10.3 Å². The molecule has 1 N–H and O–H groups in total. The van der Waals surface area contributed by atoms with Crippen LogP contribution in [0.15, 0.2) is 90.0 Å². The van der Waals surface area contributed by atoms with E-state index in [1.54, 1.807) is 0 Å². The highest BCUT2D eigenvalue weighted by Gasteiger charge is 2.32. The molecular weight excluding hydrogens is 412 g/mol. The van der Waals surface area contributed by atoms with Crippen molar-refractivity contribution in [3.8, 4) is 0 Å². The van der Waals surface area contributed by atoms with Crippen molar-refractivity contribution in [2.45, 2.75) is 31.8 Å². The molecule has 0 aliphatic carbocycles. The minimum Gasteiger partial charge on any atom is -0.338 e. The molecule has 1 saturated heterocycles. The second kappa shape index (κ2) is 9.28. The number of likely N-dealkylation sites (tertiary alicyclic amines) is 1. The first kappa shape index (κ1) is 20.9. The van der Waals surface area contributed by atoms with E-state index in [0.717, 1.165) is 29.8 Å². The average Bonchev–Trinajstić information content (AvgIpc) is 3.47. The molecule has 2 aliphatic heterocycles. The topological polar surface area (TPSA) is 65.0 Å². The number of nitrogens with one attached hydrogen (secondary N) is 1. The third-order valence-electron chi connectivity index (χ3n) is 6.11. The molecule has 0 saturated carbocycles. The maximum atomic E-state index is 13.1. The van der Waals surface area contributed by atoms with Crippen LogP contribution in [-0.2, 0) is 16.1 Å². The molecule has 3 aromatic carbocycles. The van der Waals surface area contributed by atoms with E-state index in [9.17, 15) is 9.59 Å². The van der Waals surface area contributed by atoms with Gasteiger partial charge >= 0.3 is 0 Å². The number of hydrogen-bond donors (Lipinski definition) is 1. The van der Waals surface area contributed by atoms with Gasteiger partial charge in [0, 0.05) is 31.6 Å². The molecule has 166 valence electrons. The van der Waals surface area contributed by atoms with Gasteiger partial charge in [0.25, 0.3) is 5.91 Å². The smallest absolute Gasteiger partial charge is 0.271 e. The number of hydrogen-bond acceptors (Lipinski definition) is 4. The summed E-state index contributed by atoms with van der Waals surface area (Å²) in [7, 11) is 0. The highest BCUT2D eigenvalue weighted by Crippen LogP contribution is 2.35. The molecule has 2 heterocycles. The van der Waals surface area contributed by atoms with E-state index < -0.39 is 0 Å². The Morgan fingerprint density at radius 1 is 0.970 bits per heavy atom. The Labute approximate surface area is 193 Å². The zero-order chi connectivity index (χ0) is 22.6. The molecule has 1 fully saturated rings. The van der Waals surface area contributed by atoms with Gasteiger partial charge < -0.3 is 10.2 Å². The minimum absolute atomic E-state index is 0.0399. The van der Waals surface area contributed by atoms with Crippen LogP contribution in [0, 0.1) is 0 Å². The Kier molecular flexibility index (Phi) is 5.89. The van der Waals surface area contributed by atoms with Crippen LogP contribution >= 0.6 is 0 Å². The summed E-state index contributed by atoms with van der Waals surface area (Å²) in [6, 6.07) is 27.7. The van der Waals surface area contributed by atoms with E-state index in [2.05, 4.69) is 17.4 Å². The SMILES string of the molecule is O=C(Nc1cccc(CN2CCCC2=O)c1)C1=NN(c2ccccc2)C(c2ccccc2)C1. The first-order valence-corrected chi connectivity index (χ1v) is 11.3. The Balaban J connectivity index is 1.34. The Morgan fingerprint density at radius 2 is 1.73 bits per heavy atom. The summed E-state index contributed by atoms with van der Waals surface area (Å²) >= 11 is 0. The van der Waals surface area contributed by atoms with Gasteiger partial charge in [-0.25, -0.2) is 0 Å². The van der Waals surface area contributed by atoms with E-state index in [1.165, 1.54) is 0 Å². The first-order chi connectivity index (χ1) is 16.2. The predicted octanol–water partition coefficient (Wildman–Crippen LogP) is 4.76. The number of hydrazone groups is 1. The van der Waals surface area contributed by atoms with E-state index in [4.69, 9.17) is 5.10 Å². The summed E-state index contributed by atoms with van der Waals surface area (Å²) in [5.41, 5.74) is 4.27. The fourth-order valence-corrected chi connectivity index (χ4v) is 4.44. The summed E-state index contributed by atoms with van der Waals surface area (Å²) in [5.74, 6) is -0.0125. The first-order valence-electron chi connectivity index (χ1n) is 11.3. The molecule has 6 nitrogen and oxygen atoms in total. The number of rotatable bonds is 6. The van der Waals surface area contributed by atoms with Crippen molar-refractivity contribution in [2.24, 2.45) is 5.10 Å². The lowest BCUT2D eigenvalue weighted by Gasteiger charge is -2.23. The molecule has 0 radical (unpaired) electrons. The average molecular weight is 439 g/mol. The molecule has 2 aliphatic rings. The van der Waals surface area contributed by atoms with E-state index in [0.29, 0.717) is 30.8 Å². The van der Waals surface area contributed by atoms with Crippen molar-refractivity contribution in [3.63, 3.8) is 0 Å². The largest absolute Gasteiger partial charge is 0.338 e. The monoisotopic (exact) mass is 438 g/mol. The highest BCUT2D eigenvalue weighted by molar-refractivity contribution is 6.43. The van der Waals surface area contributed by atoms with E-state index in [1.807, 2.05) is 82.7 Å². The summed E-state index contributed by atoms with van der Waals surface area (Å²) in [6.07, 6.45) is 2.05. The van der Waals surface area contributed by atoms with Gasteiger partial charge in [-0.3, -0.25) is 14.6 Å². The summed E-state index contributed by atoms with van der Waals surface area (Å²) in [4.78, 5) is 27.0. The van der Waals surface area contributed by atoms with Gasteiger partial charge in [-0.15, -0.1) is 0 Å². The molecule has 2 amide bonds. The fraction of sp³-hybridized carbons (Fsp3) is 0.222. The third kappa shape index (κ3) is 4.65. The number of benzene rings is 3. The zero-order valence-corrected chi connectivity index (χ0v) is 18.4. The zero-order valence-electron chi connectivity index (χ0n) is 18.4. The number of amides is 2. The molecule has 0 spiro atoms. The van der Waals surface area contributed by atoms with E-state index >= 15 is 0 Å². The van der Waals surface area contributed by atoms with Crippen molar-refractivity contribution in [3.05, 3.63) is 96.1 Å². The molecule has 0 aromatic heterocycles. The summed E-state index contributed by atoms with van der Waals surface area (Å²) < 4.78 is 0. The Hall–Kier alpha value is -3.93. The van der Waals surface area contributed by atoms with Gasteiger partial charge in [-0.2, -0.15) is 5.10 Å². The van der Waals surface area contributed by atoms with Crippen molar-refractivity contribution in [1.29, 1.82) is 0 Å². The number of para-hydroxylation sites is 1. The molecule has 5 rings (SSSR count). The van der Waals surface area contributed by atoms with Crippen molar-refractivity contribution in [2.75, 3.05) is 16.9 Å². The van der Waals surface area contributed by atoms with Gasteiger partial charge in [-0.05, 0) is 41.8 Å². The number of carbonyl (C=O) groups excluding carboxylic acids is 2. The van der Waals surface area contributed by atoms with Gasteiger partial charge in [0.05, 0.1) is 11.7 Å². The summed E-state index contributed by atoms with van der Waals surface area (Å²) in [5, 5.41) is 9.65. The normalized spacial score (nSPS) is 17.9. The van der Waals surface area contributed by atoms with Gasteiger partial charge in [0.2, 0.25) is 5.91 Å². The highest BCUT2D eigenvalue weighted by atomic mass is 16.2. The van der Waals surface area contributed by atoms with Gasteiger partial charge in [0.1, 0.15) is 5.71 Å². The Morgan fingerprint density at radius 3 is 2.45 bits per heavy atom. The van der Waals surface area contributed by atoms with Crippen molar-refractivity contribution in [1.82, 2.24) is 4.90 Å². The Bertz CT molecular complexity index is 1180. The molecule has 1 atom stereocenters. The molecule has 0 bridgehead atoms. The number of carbonyl (C=O) groups is 2. The quantitative estimate of drug-likeness (QED) is 0.604. The molecule has 1 unspecified atom stereocenters. The predicted molar refractivity (Wildman–Crippen MR) is 130 cm³/mol. The molecular formula is C27H26N4O2.